The van der Waals surface area contributed by atoms with E-state index >= 15 is 4.39 Å². The molecule has 2 aromatic carbocycles. The minimum absolute atomic E-state index is 0.0316. The second kappa shape index (κ2) is 7.85. The monoisotopic (exact) mass is 468 g/mol. The molecule has 4 rings (SSSR count). The van der Waals surface area contributed by atoms with Gasteiger partial charge in [-0.15, -0.1) is 0 Å². The van der Waals surface area contributed by atoms with Gasteiger partial charge < -0.3 is 4.74 Å². The van der Waals surface area contributed by atoms with Crippen molar-refractivity contribution in [1.29, 1.82) is 0 Å². The number of ketones is 1. The highest BCUT2D eigenvalue weighted by atomic mass is 35.5. The van der Waals surface area contributed by atoms with Crippen LogP contribution in [-0.4, -0.2) is 20.8 Å². The number of Topliss-reactive ketones (excluding diaryl/α,β-unsaturated/α-hetero) is 1. The summed E-state index contributed by atoms with van der Waals surface area (Å²) in [6, 6.07) is 7.47. The van der Waals surface area contributed by atoms with Gasteiger partial charge in [0.2, 0.25) is 0 Å². The van der Waals surface area contributed by atoms with Crippen molar-refractivity contribution >= 4 is 27.2 Å². The minimum Gasteiger partial charge on any atom is -0.490 e. The van der Waals surface area contributed by atoms with Gasteiger partial charge >= 0.3 is 0 Å². The molecule has 1 heterocycles. The third-order valence-electron chi connectivity index (χ3n) is 6.46. The zero-order valence-electron chi connectivity index (χ0n) is 17.2. The van der Waals surface area contributed by atoms with Gasteiger partial charge in [-0.05, 0) is 55.2 Å². The number of hydrogen-bond acceptors (Lipinski definition) is 4. The van der Waals surface area contributed by atoms with Crippen molar-refractivity contribution in [3.8, 4) is 5.75 Å². The van der Waals surface area contributed by atoms with E-state index < -0.39 is 38.1 Å². The van der Waals surface area contributed by atoms with Gasteiger partial charge in [0.1, 0.15) is 16.3 Å². The number of carbonyl (C=O) groups is 1. The van der Waals surface area contributed by atoms with Gasteiger partial charge in [-0.2, -0.15) is 0 Å². The Bertz CT molecular complexity index is 1130. The molecule has 0 aromatic heterocycles. The van der Waals surface area contributed by atoms with Gasteiger partial charge in [0, 0.05) is 23.3 Å². The largest absolute Gasteiger partial charge is 0.490 e. The summed E-state index contributed by atoms with van der Waals surface area (Å²) in [4.78, 5) is 12.8. The summed E-state index contributed by atoms with van der Waals surface area (Å²) in [7, 11) is -4.24. The second-order valence-corrected chi connectivity index (χ2v) is 11.3. The first-order chi connectivity index (χ1) is 14.6. The van der Waals surface area contributed by atoms with E-state index in [1.807, 2.05) is 13.8 Å². The molecule has 0 amide bonds. The van der Waals surface area contributed by atoms with Gasteiger partial charge in [-0.1, -0.05) is 25.4 Å². The fraction of sp³-hybridized carbons (Fsp3) is 0.435. The van der Waals surface area contributed by atoms with E-state index in [0.29, 0.717) is 11.4 Å². The van der Waals surface area contributed by atoms with E-state index in [1.54, 1.807) is 0 Å². The smallest absolute Gasteiger partial charge is 0.188 e. The van der Waals surface area contributed by atoms with Crippen LogP contribution < -0.4 is 4.74 Å². The molecule has 0 bridgehead atoms. The van der Waals surface area contributed by atoms with Crippen LogP contribution in [0.15, 0.2) is 41.3 Å². The molecule has 8 heteroatoms. The van der Waals surface area contributed by atoms with Gasteiger partial charge in [0.05, 0.1) is 17.1 Å². The molecule has 1 aliphatic heterocycles. The molecular formula is C23H23ClF2O4S. The predicted octanol–water partition coefficient (Wildman–Crippen LogP) is 5.32. The zero-order chi connectivity index (χ0) is 22.6. The van der Waals surface area contributed by atoms with Crippen LogP contribution in [0.4, 0.5) is 8.78 Å². The van der Waals surface area contributed by atoms with Gasteiger partial charge in [-0.3, -0.25) is 4.79 Å². The Morgan fingerprint density at radius 2 is 1.77 bits per heavy atom. The maximum Gasteiger partial charge on any atom is 0.188 e. The van der Waals surface area contributed by atoms with E-state index in [0.717, 1.165) is 12.1 Å². The molecule has 0 radical (unpaired) electrons. The summed E-state index contributed by atoms with van der Waals surface area (Å²) >= 11 is 5.94. The summed E-state index contributed by atoms with van der Waals surface area (Å²) in [6.07, 6.45) is 0.278. The average molecular weight is 469 g/mol. The lowest BCUT2D eigenvalue weighted by Crippen LogP contribution is -2.56. The normalized spacial score (nSPS) is 25.7. The van der Waals surface area contributed by atoms with Crippen molar-refractivity contribution in [2.45, 2.75) is 42.8 Å². The molecule has 166 valence electrons. The van der Waals surface area contributed by atoms with E-state index in [9.17, 15) is 17.6 Å². The van der Waals surface area contributed by atoms with Crippen LogP contribution in [-0.2, 0) is 19.4 Å². The number of benzene rings is 2. The Morgan fingerprint density at radius 1 is 1.13 bits per heavy atom. The highest BCUT2D eigenvalue weighted by molar-refractivity contribution is 7.92. The molecule has 2 aliphatic rings. The van der Waals surface area contributed by atoms with Crippen LogP contribution in [0.5, 0.6) is 5.75 Å². The van der Waals surface area contributed by atoms with Crippen LogP contribution in [0.3, 0.4) is 0 Å². The molecule has 0 N–H and O–H groups in total. The van der Waals surface area contributed by atoms with Crippen LogP contribution in [0.25, 0.3) is 0 Å². The van der Waals surface area contributed by atoms with Crippen molar-refractivity contribution in [1.82, 2.24) is 0 Å². The predicted molar refractivity (Wildman–Crippen MR) is 113 cm³/mol. The summed E-state index contributed by atoms with van der Waals surface area (Å²) in [6.45, 7) is 3.70. The molecule has 3 atom stereocenters. The van der Waals surface area contributed by atoms with Crippen molar-refractivity contribution in [2.24, 2.45) is 17.8 Å². The number of hydrogen-bond donors (Lipinski definition) is 0. The number of ether oxygens (including phenoxy) is 1. The molecule has 31 heavy (non-hydrogen) atoms. The lowest BCUT2D eigenvalue weighted by molar-refractivity contribution is -0.130. The molecule has 2 aromatic rings. The molecule has 1 aliphatic carbocycles. The number of rotatable bonds is 4. The summed E-state index contributed by atoms with van der Waals surface area (Å²) in [5.74, 6) is -3.47. The molecule has 1 fully saturated rings. The molecule has 0 saturated heterocycles. The lowest BCUT2D eigenvalue weighted by Gasteiger charge is -2.50. The Labute approximate surface area is 185 Å². The third kappa shape index (κ3) is 3.37. The molecular weight excluding hydrogens is 446 g/mol. The van der Waals surface area contributed by atoms with Gasteiger partial charge in [-0.25, -0.2) is 17.2 Å². The Kier molecular flexibility index (Phi) is 5.63. The maximum absolute atomic E-state index is 15.2. The Morgan fingerprint density at radius 3 is 2.42 bits per heavy atom. The van der Waals surface area contributed by atoms with Crippen LogP contribution >= 0.6 is 11.6 Å². The van der Waals surface area contributed by atoms with Crippen molar-refractivity contribution in [3.63, 3.8) is 0 Å². The van der Waals surface area contributed by atoms with Crippen LogP contribution in [0.2, 0.25) is 5.02 Å². The van der Waals surface area contributed by atoms with E-state index in [2.05, 4.69) is 0 Å². The van der Waals surface area contributed by atoms with E-state index in [1.165, 1.54) is 24.3 Å². The molecule has 0 unspecified atom stereocenters. The summed E-state index contributed by atoms with van der Waals surface area (Å²) in [5, 5.41) is 0.356. The lowest BCUT2D eigenvalue weighted by atomic mass is 9.65. The fourth-order valence-corrected chi connectivity index (χ4v) is 7.63. The van der Waals surface area contributed by atoms with Gasteiger partial charge in [0.15, 0.2) is 21.4 Å². The number of fused-ring (bicyclic) bond motifs is 3. The fourth-order valence-electron chi connectivity index (χ4n) is 5.13. The third-order valence-corrected chi connectivity index (χ3v) is 9.27. The molecule has 4 nitrogen and oxygen atoms in total. The Balaban J connectivity index is 2.03. The van der Waals surface area contributed by atoms with Gasteiger partial charge in [0.25, 0.3) is 0 Å². The van der Waals surface area contributed by atoms with E-state index in [4.69, 9.17) is 16.3 Å². The first-order valence-corrected chi connectivity index (χ1v) is 12.1. The highest BCUT2D eigenvalue weighted by Gasteiger charge is 2.62. The van der Waals surface area contributed by atoms with Crippen LogP contribution in [0.1, 0.15) is 38.7 Å². The quantitative estimate of drug-likeness (QED) is 0.609. The topological polar surface area (TPSA) is 60.4 Å². The SMILES string of the molecule is CC(C)C[C@@H]1C(=O)CC[C@@]2(S(=O)(=O)c3ccc(Cl)cc3)c3c(F)ccc(F)c3OC[C@@H]12. The van der Waals surface area contributed by atoms with E-state index in [-0.39, 0.29) is 47.4 Å². The average Bonchev–Trinajstić information content (AvgIpc) is 2.72. The second-order valence-electron chi connectivity index (χ2n) is 8.70. The molecule has 1 saturated carbocycles. The highest BCUT2D eigenvalue weighted by Crippen LogP contribution is 2.58. The minimum atomic E-state index is -4.24. The van der Waals surface area contributed by atoms with Crippen LogP contribution in [0, 0.1) is 29.4 Å². The van der Waals surface area contributed by atoms with Crippen molar-refractivity contribution in [2.75, 3.05) is 6.61 Å². The number of carbonyl (C=O) groups excluding carboxylic acids is 1. The zero-order valence-corrected chi connectivity index (χ0v) is 18.8. The molecule has 0 spiro atoms. The number of halogens is 3. The number of sulfone groups is 1. The first kappa shape index (κ1) is 22.2. The summed E-state index contributed by atoms with van der Waals surface area (Å²) < 4.78 is 61.9. The Hall–Kier alpha value is -1.99. The first-order valence-electron chi connectivity index (χ1n) is 10.2. The summed E-state index contributed by atoms with van der Waals surface area (Å²) in [5.41, 5.74) is -0.306. The van der Waals surface area contributed by atoms with Crippen molar-refractivity contribution in [3.05, 3.63) is 58.6 Å². The van der Waals surface area contributed by atoms with Crippen molar-refractivity contribution < 1.29 is 26.7 Å². The standard InChI is InChI=1S/C23H23ClF2O4S/c1-13(2)11-16-17-12-30-22-19(26)8-7-18(25)21(22)23(17,10-9-20(16)27)31(28,29)15-5-3-14(24)4-6-15/h3-8,13,16-17H,9-12H2,1-2H3/t16-,17-,23-/m0/s1. The maximum atomic E-state index is 15.2.